The molecule has 1 fully saturated rings. The Labute approximate surface area is 167 Å². The first-order chi connectivity index (χ1) is 13.2. The largest absolute Gasteiger partial charge is 0.455 e. The molecule has 1 aromatic carbocycles. The average molecular weight is 404 g/mol. The van der Waals surface area contributed by atoms with E-state index in [1.807, 2.05) is 31.2 Å². The highest BCUT2D eigenvalue weighted by atomic mass is 32.2. The van der Waals surface area contributed by atoms with Crippen molar-refractivity contribution in [3.63, 3.8) is 0 Å². The van der Waals surface area contributed by atoms with Crippen LogP contribution >= 0.6 is 0 Å². The summed E-state index contributed by atoms with van der Waals surface area (Å²) in [5.41, 5.74) is 1.83. The van der Waals surface area contributed by atoms with Crippen molar-refractivity contribution in [2.45, 2.75) is 57.6 Å². The Hall–Kier alpha value is -2.08. The minimum absolute atomic E-state index is 0.0486. The maximum Gasteiger partial charge on any atom is 0.287 e. The second-order valence-corrected chi connectivity index (χ2v) is 10.2. The van der Waals surface area contributed by atoms with Crippen LogP contribution in [0.15, 0.2) is 40.8 Å². The smallest absolute Gasteiger partial charge is 0.287 e. The highest BCUT2D eigenvalue weighted by Crippen LogP contribution is 2.29. The van der Waals surface area contributed by atoms with E-state index in [4.69, 9.17) is 4.42 Å². The summed E-state index contributed by atoms with van der Waals surface area (Å²) in [5, 5.41) is 3.05. The predicted octanol–water partition coefficient (Wildman–Crippen LogP) is 4.26. The van der Waals surface area contributed by atoms with Crippen LogP contribution < -0.4 is 5.32 Å². The van der Waals surface area contributed by atoms with E-state index >= 15 is 0 Å². The maximum absolute atomic E-state index is 12.5. The number of rotatable bonds is 6. The molecule has 5 nitrogen and oxygen atoms in total. The summed E-state index contributed by atoms with van der Waals surface area (Å²) in [7, 11) is -3.38. The van der Waals surface area contributed by atoms with Crippen molar-refractivity contribution in [1.29, 1.82) is 0 Å². The van der Waals surface area contributed by atoms with Crippen molar-refractivity contribution in [3.05, 3.63) is 59.0 Å². The van der Waals surface area contributed by atoms with Gasteiger partial charge in [0.25, 0.3) is 5.91 Å². The molecule has 0 radical (unpaired) electrons. The first-order valence-electron chi connectivity index (χ1n) is 9.89. The van der Waals surface area contributed by atoms with Gasteiger partial charge >= 0.3 is 0 Å². The summed E-state index contributed by atoms with van der Waals surface area (Å²) in [6, 6.07) is 10.7. The Kier molecular flexibility index (Phi) is 6.28. The predicted molar refractivity (Wildman–Crippen MR) is 110 cm³/mol. The Morgan fingerprint density at radius 2 is 1.79 bits per heavy atom. The number of sulfone groups is 1. The van der Waals surface area contributed by atoms with Crippen LogP contribution in [0.5, 0.6) is 0 Å². The van der Waals surface area contributed by atoms with Gasteiger partial charge in [0.05, 0.1) is 5.75 Å². The zero-order chi connectivity index (χ0) is 20.3. The lowest BCUT2D eigenvalue weighted by atomic mass is 9.78. The van der Waals surface area contributed by atoms with Crippen LogP contribution in [0.2, 0.25) is 0 Å². The number of nitrogens with one attached hydrogen (secondary N) is 1. The molecule has 1 aliphatic carbocycles. The van der Waals surface area contributed by atoms with Gasteiger partial charge in [-0.2, -0.15) is 0 Å². The Balaban J connectivity index is 1.61. The number of carbonyl (C=O) groups excluding carboxylic acids is 1. The molecule has 0 saturated heterocycles. The third-order valence-corrected chi connectivity index (χ3v) is 7.28. The van der Waals surface area contributed by atoms with Crippen LogP contribution in [0.3, 0.4) is 0 Å². The number of aryl methyl sites for hydroxylation is 1. The highest BCUT2D eigenvalue weighted by molar-refractivity contribution is 7.89. The lowest BCUT2D eigenvalue weighted by Crippen LogP contribution is -2.43. The molecule has 0 unspecified atom stereocenters. The van der Waals surface area contributed by atoms with Crippen LogP contribution in [0.4, 0.5) is 0 Å². The van der Waals surface area contributed by atoms with Crippen LogP contribution in [-0.4, -0.2) is 20.4 Å². The zero-order valence-electron chi connectivity index (χ0n) is 16.8. The molecule has 1 aliphatic rings. The molecule has 28 heavy (non-hydrogen) atoms. The maximum atomic E-state index is 12.5. The van der Waals surface area contributed by atoms with Gasteiger partial charge in [0.2, 0.25) is 0 Å². The fourth-order valence-electron chi connectivity index (χ4n) is 3.81. The fraction of sp³-hybridized carbons (Fsp3) is 0.500. The number of amides is 1. The molecular weight excluding hydrogens is 374 g/mol. The van der Waals surface area contributed by atoms with E-state index in [0.29, 0.717) is 17.6 Å². The molecule has 1 amide bonds. The quantitative estimate of drug-likeness (QED) is 0.782. The molecule has 0 bridgehead atoms. The SMILES string of the molecule is Cc1ccc(CS(=O)(=O)Cc2ccc(C(=O)N[C@@H]3CCC[C@@H](C)[C@H]3C)o2)cc1. The number of hydrogen-bond acceptors (Lipinski definition) is 4. The van der Waals surface area contributed by atoms with E-state index in [0.717, 1.165) is 24.0 Å². The molecular formula is C22H29NO4S. The summed E-state index contributed by atoms with van der Waals surface area (Å²) in [4.78, 5) is 12.5. The molecule has 2 aromatic rings. The molecule has 0 aliphatic heterocycles. The van der Waals surface area contributed by atoms with Gasteiger partial charge in [0.1, 0.15) is 11.5 Å². The van der Waals surface area contributed by atoms with E-state index < -0.39 is 9.84 Å². The van der Waals surface area contributed by atoms with Gasteiger partial charge in [-0.05, 0) is 42.9 Å². The third kappa shape index (κ3) is 5.25. The molecule has 0 spiro atoms. The second-order valence-electron chi connectivity index (χ2n) is 8.13. The molecule has 1 saturated carbocycles. The van der Waals surface area contributed by atoms with Crippen molar-refractivity contribution in [3.8, 4) is 0 Å². The standard InChI is InChI=1S/C22H29NO4S/c1-15-7-9-18(10-8-15)13-28(25,26)14-19-11-12-21(27-19)22(24)23-20-6-4-5-16(2)17(20)3/h7-12,16-17,20H,4-6,13-14H2,1-3H3,(H,23,24)/t16-,17-,20-/m1/s1. The van der Waals surface area contributed by atoms with E-state index in [1.165, 1.54) is 6.42 Å². The lowest BCUT2D eigenvalue weighted by molar-refractivity contribution is 0.0861. The molecule has 1 heterocycles. The van der Waals surface area contributed by atoms with Crippen LogP contribution in [0.25, 0.3) is 0 Å². The topological polar surface area (TPSA) is 76.4 Å². The van der Waals surface area contributed by atoms with Gasteiger partial charge in [-0.25, -0.2) is 8.42 Å². The van der Waals surface area contributed by atoms with Crippen molar-refractivity contribution in [1.82, 2.24) is 5.32 Å². The van der Waals surface area contributed by atoms with Gasteiger partial charge in [-0.3, -0.25) is 4.79 Å². The molecule has 6 heteroatoms. The van der Waals surface area contributed by atoms with E-state index in [1.54, 1.807) is 12.1 Å². The summed E-state index contributed by atoms with van der Waals surface area (Å²) in [5.74, 6) is 0.930. The number of carbonyl (C=O) groups is 1. The summed E-state index contributed by atoms with van der Waals surface area (Å²) >= 11 is 0. The summed E-state index contributed by atoms with van der Waals surface area (Å²) in [6.45, 7) is 6.34. The number of benzene rings is 1. The van der Waals surface area contributed by atoms with Gasteiger partial charge in [-0.1, -0.05) is 56.5 Å². The molecule has 3 atom stereocenters. The monoisotopic (exact) mass is 403 g/mol. The lowest BCUT2D eigenvalue weighted by Gasteiger charge is -2.34. The first-order valence-corrected chi connectivity index (χ1v) is 11.7. The van der Waals surface area contributed by atoms with Gasteiger partial charge in [0, 0.05) is 6.04 Å². The number of hydrogen-bond donors (Lipinski definition) is 1. The molecule has 152 valence electrons. The van der Waals surface area contributed by atoms with Crippen molar-refractivity contribution >= 4 is 15.7 Å². The second kappa shape index (κ2) is 8.52. The first kappa shape index (κ1) is 20.6. The van der Waals surface area contributed by atoms with E-state index in [9.17, 15) is 13.2 Å². The normalized spacial score (nSPS) is 22.8. The minimum atomic E-state index is -3.38. The Bertz CT molecular complexity index is 914. The van der Waals surface area contributed by atoms with Crippen molar-refractivity contribution < 1.29 is 17.6 Å². The Morgan fingerprint density at radius 1 is 1.07 bits per heavy atom. The van der Waals surface area contributed by atoms with Gasteiger partial charge in [-0.15, -0.1) is 0 Å². The fourth-order valence-corrected chi connectivity index (χ4v) is 5.20. The molecule has 1 aromatic heterocycles. The summed E-state index contributed by atoms with van der Waals surface area (Å²) < 4.78 is 30.5. The average Bonchev–Trinajstić information content (AvgIpc) is 3.08. The minimum Gasteiger partial charge on any atom is -0.455 e. The van der Waals surface area contributed by atoms with E-state index in [-0.39, 0.29) is 29.2 Å². The molecule has 1 N–H and O–H groups in total. The Morgan fingerprint density at radius 3 is 2.50 bits per heavy atom. The number of furan rings is 1. The van der Waals surface area contributed by atoms with Crippen molar-refractivity contribution in [2.75, 3.05) is 0 Å². The van der Waals surface area contributed by atoms with E-state index in [2.05, 4.69) is 19.2 Å². The van der Waals surface area contributed by atoms with Crippen LogP contribution in [0.1, 0.15) is 60.6 Å². The highest BCUT2D eigenvalue weighted by Gasteiger charge is 2.29. The third-order valence-electron chi connectivity index (χ3n) is 5.78. The van der Waals surface area contributed by atoms with Crippen LogP contribution in [0, 0.1) is 18.8 Å². The molecule has 3 rings (SSSR count). The van der Waals surface area contributed by atoms with Crippen LogP contribution in [-0.2, 0) is 21.3 Å². The van der Waals surface area contributed by atoms with Crippen molar-refractivity contribution in [2.24, 2.45) is 11.8 Å². The summed E-state index contributed by atoms with van der Waals surface area (Å²) in [6.07, 6.45) is 3.27. The zero-order valence-corrected chi connectivity index (χ0v) is 17.6. The van der Waals surface area contributed by atoms with Gasteiger partial charge < -0.3 is 9.73 Å². The van der Waals surface area contributed by atoms with Gasteiger partial charge in [0.15, 0.2) is 15.6 Å².